The van der Waals surface area contributed by atoms with Crippen molar-refractivity contribution in [3.8, 4) is 11.4 Å². The van der Waals surface area contributed by atoms with Gasteiger partial charge in [-0.1, -0.05) is 0 Å². The number of pyridine rings is 1. The van der Waals surface area contributed by atoms with Crippen LogP contribution in [0.3, 0.4) is 0 Å². The van der Waals surface area contributed by atoms with E-state index < -0.39 is 0 Å². The zero-order valence-corrected chi connectivity index (χ0v) is 10.6. The summed E-state index contributed by atoms with van der Waals surface area (Å²) in [6.45, 7) is 0. The van der Waals surface area contributed by atoms with Crippen molar-refractivity contribution in [1.29, 1.82) is 0 Å². The van der Waals surface area contributed by atoms with Crippen LogP contribution in [-0.4, -0.2) is 39.2 Å². The number of nitrogens with one attached hydrogen (secondary N) is 1. The molecule has 0 saturated heterocycles. The SMILES string of the molecule is CN(C)c1ccnc2[nH]nc(-c3ccnc(N)n3)c12. The highest BCUT2D eigenvalue weighted by molar-refractivity contribution is 5.99. The van der Waals surface area contributed by atoms with Crippen molar-refractivity contribution < 1.29 is 0 Å². The van der Waals surface area contributed by atoms with Gasteiger partial charge in [0.1, 0.15) is 5.69 Å². The van der Waals surface area contributed by atoms with Crippen molar-refractivity contribution in [3.63, 3.8) is 0 Å². The number of aromatic amines is 1. The van der Waals surface area contributed by atoms with E-state index >= 15 is 0 Å². The number of anilines is 2. The maximum Gasteiger partial charge on any atom is 0.220 e. The third-order valence-electron chi connectivity index (χ3n) is 2.84. The number of nitrogen functional groups attached to an aromatic ring is 1. The molecule has 0 saturated carbocycles. The summed E-state index contributed by atoms with van der Waals surface area (Å²) in [6.07, 6.45) is 3.36. The monoisotopic (exact) mass is 255 g/mol. The molecular formula is C12H13N7. The van der Waals surface area contributed by atoms with Crippen molar-refractivity contribution in [1.82, 2.24) is 25.1 Å². The predicted octanol–water partition coefficient (Wildman–Crippen LogP) is 1.06. The van der Waals surface area contributed by atoms with Crippen LogP contribution in [0.25, 0.3) is 22.4 Å². The van der Waals surface area contributed by atoms with Gasteiger partial charge in [0, 0.05) is 26.5 Å². The summed E-state index contributed by atoms with van der Waals surface area (Å²) >= 11 is 0. The average Bonchev–Trinajstić information content (AvgIpc) is 2.82. The Balaban J connectivity index is 2.30. The Morgan fingerprint density at radius 1 is 1.16 bits per heavy atom. The van der Waals surface area contributed by atoms with Crippen LogP contribution in [0.5, 0.6) is 0 Å². The molecule has 0 fully saturated rings. The molecule has 0 spiro atoms. The minimum absolute atomic E-state index is 0.226. The van der Waals surface area contributed by atoms with E-state index in [-0.39, 0.29) is 5.95 Å². The van der Waals surface area contributed by atoms with Crippen LogP contribution in [0.4, 0.5) is 11.6 Å². The molecule has 0 aromatic carbocycles. The predicted molar refractivity (Wildman–Crippen MR) is 73.7 cm³/mol. The van der Waals surface area contributed by atoms with Crippen LogP contribution in [0, 0.1) is 0 Å². The van der Waals surface area contributed by atoms with Gasteiger partial charge in [0.05, 0.1) is 16.8 Å². The van der Waals surface area contributed by atoms with E-state index in [1.807, 2.05) is 25.1 Å². The van der Waals surface area contributed by atoms with Crippen molar-refractivity contribution in [2.75, 3.05) is 24.7 Å². The zero-order chi connectivity index (χ0) is 13.4. The lowest BCUT2D eigenvalue weighted by Crippen LogP contribution is -2.09. The molecule has 0 aliphatic heterocycles. The molecule has 19 heavy (non-hydrogen) atoms. The number of H-pyrrole nitrogens is 1. The molecule has 0 aliphatic carbocycles. The van der Waals surface area contributed by atoms with Crippen molar-refractivity contribution in [3.05, 3.63) is 24.5 Å². The molecule has 0 aliphatic rings. The maximum atomic E-state index is 5.62. The van der Waals surface area contributed by atoms with Gasteiger partial charge in [-0.25, -0.2) is 15.0 Å². The zero-order valence-electron chi connectivity index (χ0n) is 10.6. The van der Waals surface area contributed by atoms with Crippen molar-refractivity contribution in [2.24, 2.45) is 0 Å². The Kier molecular flexibility index (Phi) is 2.52. The van der Waals surface area contributed by atoms with Gasteiger partial charge in [-0.15, -0.1) is 0 Å². The number of hydrogen-bond donors (Lipinski definition) is 2. The van der Waals surface area contributed by atoms with Crippen molar-refractivity contribution >= 4 is 22.7 Å². The second kappa shape index (κ2) is 4.20. The maximum absolute atomic E-state index is 5.62. The fraction of sp³-hybridized carbons (Fsp3) is 0.167. The standard InChI is InChI=1S/C12H13N7/c1-19(2)8-4-6-14-11-9(8)10(17-18-11)7-3-5-15-12(13)16-7/h3-6H,1-2H3,(H2,13,15,16)(H,14,17,18). The van der Waals surface area contributed by atoms with Crippen LogP contribution in [0.1, 0.15) is 0 Å². The molecule has 3 N–H and O–H groups in total. The highest BCUT2D eigenvalue weighted by atomic mass is 15.2. The van der Waals surface area contributed by atoms with Gasteiger partial charge in [-0.3, -0.25) is 5.10 Å². The number of aromatic nitrogens is 5. The molecule has 7 heteroatoms. The molecule has 3 rings (SSSR count). The number of rotatable bonds is 2. The summed E-state index contributed by atoms with van der Waals surface area (Å²) < 4.78 is 0. The molecule has 0 amide bonds. The highest BCUT2D eigenvalue weighted by Crippen LogP contribution is 2.31. The Bertz CT molecular complexity index is 732. The molecule has 0 bridgehead atoms. The lowest BCUT2D eigenvalue weighted by molar-refractivity contribution is 1.08. The minimum atomic E-state index is 0.226. The van der Waals surface area contributed by atoms with E-state index in [1.165, 1.54) is 0 Å². The summed E-state index contributed by atoms with van der Waals surface area (Å²) in [4.78, 5) is 14.4. The summed E-state index contributed by atoms with van der Waals surface area (Å²) in [5.41, 5.74) is 8.76. The number of hydrogen-bond acceptors (Lipinski definition) is 6. The Hall–Kier alpha value is -2.70. The smallest absolute Gasteiger partial charge is 0.220 e. The lowest BCUT2D eigenvalue weighted by Gasteiger charge is -2.13. The molecule has 0 unspecified atom stereocenters. The van der Waals surface area contributed by atoms with Crippen LogP contribution >= 0.6 is 0 Å². The first kappa shape index (κ1) is 11.4. The molecular weight excluding hydrogens is 242 g/mol. The second-order valence-corrected chi connectivity index (χ2v) is 4.32. The van der Waals surface area contributed by atoms with Gasteiger partial charge in [-0.05, 0) is 12.1 Å². The molecule has 3 aromatic rings. The first-order valence-corrected chi connectivity index (χ1v) is 5.76. The van der Waals surface area contributed by atoms with Gasteiger partial charge in [-0.2, -0.15) is 5.10 Å². The van der Waals surface area contributed by atoms with Crippen LogP contribution in [0.2, 0.25) is 0 Å². The Morgan fingerprint density at radius 2 is 1.95 bits per heavy atom. The van der Waals surface area contributed by atoms with Gasteiger partial charge >= 0.3 is 0 Å². The van der Waals surface area contributed by atoms with E-state index in [4.69, 9.17) is 5.73 Å². The van der Waals surface area contributed by atoms with Crippen LogP contribution in [0.15, 0.2) is 24.5 Å². The van der Waals surface area contributed by atoms with E-state index in [1.54, 1.807) is 18.5 Å². The summed E-state index contributed by atoms with van der Waals surface area (Å²) in [5.74, 6) is 0.226. The third kappa shape index (κ3) is 1.85. The first-order chi connectivity index (χ1) is 9.16. The summed E-state index contributed by atoms with van der Waals surface area (Å²) in [7, 11) is 3.94. The van der Waals surface area contributed by atoms with Crippen LogP contribution in [-0.2, 0) is 0 Å². The number of nitrogens with zero attached hydrogens (tertiary/aromatic N) is 5. The Morgan fingerprint density at radius 3 is 2.68 bits per heavy atom. The van der Waals surface area contributed by atoms with Gasteiger partial charge in [0.2, 0.25) is 5.95 Å². The fourth-order valence-electron chi connectivity index (χ4n) is 2.00. The number of fused-ring (bicyclic) bond motifs is 1. The van der Waals surface area contributed by atoms with E-state index in [0.29, 0.717) is 5.69 Å². The van der Waals surface area contributed by atoms with E-state index in [2.05, 4.69) is 25.1 Å². The Labute approximate surface area is 109 Å². The molecule has 3 aromatic heterocycles. The quantitative estimate of drug-likeness (QED) is 0.710. The average molecular weight is 255 g/mol. The lowest BCUT2D eigenvalue weighted by atomic mass is 10.1. The first-order valence-electron chi connectivity index (χ1n) is 5.76. The molecule has 96 valence electrons. The topological polar surface area (TPSA) is 96.6 Å². The second-order valence-electron chi connectivity index (χ2n) is 4.32. The summed E-state index contributed by atoms with van der Waals surface area (Å²) in [6, 6.07) is 3.71. The van der Waals surface area contributed by atoms with Gasteiger partial charge < -0.3 is 10.6 Å². The van der Waals surface area contributed by atoms with Crippen LogP contribution < -0.4 is 10.6 Å². The summed E-state index contributed by atoms with van der Waals surface area (Å²) in [5, 5.41) is 8.12. The number of nitrogens with two attached hydrogens (primary N) is 1. The molecule has 7 nitrogen and oxygen atoms in total. The van der Waals surface area contributed by atoms with Gasteiger partial charge in [0.25, 0.3) is 0 Å². The van der Waals surface area contributed by atoms with E-state index in [0.717, 1.165) is 22.4 Å². The van der Waals surface area contributed by atoms with Gasteiger partial charge in [0.15, 0.2) is 5.65 Å². The minimum Gasteiger partial charge on any atom is -0.377 e. The normalized spacial score (nSPS) is 10.8. The third-order valence-corrected chi connectivity index (χ3v) is 2.84. The van der Waals surface area contributed by atoms with E-state index in [9.17, 15) is 0 Å². The fourth-order valence-corrected chi connectivity index (χ4v) is 2.00. The van der Waals surface area contributed by atoms with Crippen molar-refractivity contribution in [2.45, 2.75) is 0 Å². The molecule has 0 radical (unpaired) electrons. The highest BCUT2D eigenvalue weighted by Gasteiger charge is 2.15. The largest absolute Gasteiger partial charge is 0.377 e. The molecule has 3 heterocycles. The molecule has 0 atom stereocenters.